The van der Waals surface area contributed by atoms with Crippen LogP contribution >= 0.6 is 0 Å². The Bertz CT molecular complexity index is 1260. The number of carbonyl (C=O) groups excluding carboxylic acids is 1. The Balaban J connectivity index is 1.60. The smallest absolute Gasteiger partial charge is 0.319 e. The van der Waals surface area contributed by atoms with Crippen molar-refractivity contribution >= 4 is 22.5 Å². The summed E-state index contributed by atoms with van der Waals surface area (Å²) in [5.41, 5.74) is 1.21. The first kappa shape index (κ1) is 19.3. The first-order valence-electron chi connectivity index (χ1n) is 9.29. The highest BCUT2D eigenvalue weighted by molar-refractivity contribution is 5.90. The van der Waals surface area contributed by atoms with E-state index < -0.39 is 11.8 Å². The van der Waals surface area contributed by atoms with Crippen LogP contribution < -0.4 is 16.2 Å². The Labute approximate surface area is 171 Å². The predicted molar refractivity (Wildman–Crippen MR) is 112 cm³/mol. The van der Waals surface area contributed by atoms with Gasteiger partial charge in [-0.1, -0.05) is 36.4 Å². The number of hydrogen-bond donors (Lipinski definition) is 2. The molecule has 0 aliphatic heterocycles. The molecule has 0 spiro atoms. The number of hydrogen-bond acceptors (Lipinski definition) is 4. The minimum absolute atomic E-state index is 0.0636. The molecule has 2 heterocycles. The standard InChI is InChI=1S/C22H18FN5O2/c23-18-9-3-4-10-19(18)26-22(30)25-13-20-16-7-1-2-8-17(16)21(29)28(27-20)14-15-6-5-11-24-12-15/h1-12H,13-14H2,(H2,25,26,30). The molecule has 0 bridgehead atoms. The maximum Gasteiger partial charge on any atom is 0.319 e. The van der Waals surface area contributed by atoms with Crippen LogP contribution in [0.1, 0.15) is 11.3 Å². The third-order valence-corrected chi connectivity index (χ3v) is 4.54. The molecule has 0 atom stereocenters. The summed E-state index contributed by atoms with van der Waals surface area (Å²) in [6, 6.07) is 16.1. The van der Waals surface area contributed by atoms with E-state index in [1.807, 2.05) is 6.07 Å². The lowest BCUT2D eigenvalue weighted by Crippen LogP contribution is -2.31. The van der Waals surface area contributed by atoms with Gasteiger partial charge in [-0.2, -0.15) is 5.10 Å². The van der Waals surface area contributed by atoms with Crippen molar-refractivity contribution < 1.29 is 9.18 Å². The second-order valence-corrected chi connectivity index (χ2v) is 6.60. The number of halogens is 1. The van der Waals surface area contributed by atoms with Crippen molar-refractivity contribution in [3.8, 4) is 0 Å². The van der Waals surface area contributed by atoms with Crippen LogP contribution in [0.15, 0.2) is 77.9 Å². The molecule has 0 aliphatic carbocycles. The largest absolute Gasteiger partial charge is 0.332 e. The van der Waals surface area contributed by atoms with Crippen molar-refractivity contribution in [2.45, 2.75) is 13.1 Å². The molecule has 0 radical (unpaired) electrons. The average Bonchev–Trinajstić information content (AvgIpc) is 2.77. The summed E-state index contributed by atoms with van der Waals surface area (Å²) in [7, 11) is 0. The Kier molecular flexibility index (Phi) is 5.47. The summed E-state index contributed by atoms with van der Waals surface area (Å²) >= 11 is 0. The highest BCUT2D eigenvalue weighted by Gasteiger charge is 2.12. The summed E-state index contributed by atoms with van der Waals surface area (Å²) in [6.45, 7) is 0.319. The molecule has 2 amide bonds. The summed E-state index contributed by atoms with van der Waals surface area (Å²) in [4.78, 5) is 29.1. The lowest BCUT2D eigenvalue weighted by Gasteiger charge is -2.12. The van der Waals surface area contributed by atoms with Gasteiger partial charge in [-0.25, -0.2) is 13.9 Å². The number of carbonyl (C=O) groups is 1. The van der Waals surface area contributed by atoms with Crippen LogP contribution in [0.25, 0.3) is 10.8 Å². The number of urea groups is 1. The Hall–Kier alpha value is -4.07. The number of nitrogens with zero attached hydrogens (tertiary/aromatic N) is 3. The molecule has 0 fully saturated rings. The molecule has 2 aromatic heterocycles. The van der Waals surface area contributed by atoms with Crippen molar-refractivity contribution in [1.29, 1.82) is 0 Å². The van der Waals surface area contributed by atoms with Gasteiger partial charge in [-0.3, -0.25) is 9.78 Å². The summed E-state index contributed by atoms with van der Waals surface area (Å²) < 4.78 is 15.1. The third-order valence-electron chi connectivity index (χ3n) is 4.54. The molecule has 0 unspecified atom stereocenters. The van der Waals surface area contributed by atoms with Crippen molar-refractivity contribution in [1.82, 2.24) is 20.1 Å². The molecular formula is C22H18FN5O2. The SMILES string of the molecule is O=C(NCc1nn(Cc2cccnc2)c(=O)c2ccccc12)Nc1ccccc1F. The van der Waals surface area contributed by atoms with E-state index in [0.29, 0.717) is 16.5 Å². The number of nitrogens with one attached hydrogen (secondary N) is 2. The fourth-order valence-corrected chi connectivity index (χ4v) is 3.10. The Morgan fingerprint density at radius 1 is 1.00 bits per heavy atom. The van der Waals surface area contributed by atoms with Crippen LogP contribution in [-0.2, 0) is 13.1 Å². The number of pyridine rings is 1. The first-order chi connectivity index (χ1) is 14.6. The lowest BCUT2D eigenvalue weighted by atomic mass is 10.1. The van der Waals surface area contributed by atoms with Gasteiger partial charge in [-0.15, -0.1) is 0 Å². The highest BCUT2D eigenvalue weighted by atomic mass is 19.1. The zero-order valence-corrected chi connectivity index (χ0v) is 15.9. The zero-order chi connectivity index (χ0) is 20.9. The van der Waals surface area contributed by atoms with E-state index in [2.05, 4.69) is 20.7 Å². The van der Waals surface area contributed by atoms with Crippen LogP contribution in [0.4, 0.5) is 14.9 Å². The summed E-state index contributed by atoms with van der Waals surface area (Å²) in [5, 5.41) is 10.7. The topological polar surface area (TPSA) is 88.9 Å². The van der Waals surface area contributed by atoms with E-state index in [1.54, 1.807) is 54.9 Å². The number of fused-ring (bicyclic) bond motifs is 1. The van der Waals surface area contributed by atoms with Crippen molar-refractivity contribution in [2.75, 3.05) is 5.32 Å². The maximum absolute atomic E-state index is 13.7. The van der Waals surface area contributed by atoms with E-state index in [0.717, 1.165) is 5.56 Å². The van der Waals surface area contributed by atoms with Crippen molar-refractivity contribution in [3.63, 3.8) is 0 Å². The highest BCUT2D eigenvalue weighted by Crippen LogP contribution is 2.15. The molecule has 7 nitrogen and oxygen atoms in total. The molecule has 4 aromatic rings. The normalized spacial score (nSPS) is 10.7. The number of rotatable bonds is 5. The number of amides is 2. The van der Waals surface area contributed by atoms with Crippen molar-refractivity contribution in [3.05, 3.63) is 100 Å². The van der Waals surface area contributed by atoms with Gasteiger partial charge in [0.15, 0.2) is 0 Å². The molecule has 4 rings (SSSR count). The lowest BCUT2D eigenvalue weighted by molar-refractivity contribution is 0.251. The molecule has 8 heteroatoms. The number of benzene rings is 2. The fraction of sp³-hybridized carbons (Fsp3) is 0.0909. The minimum Gasteiger partial charge on any atom is -0.332 e. The van der Waals surface area contributed by atoms with Crippen LogP contribution in [0.2, 0.25) is 0 Å². The molecule has 0 aliphatic rings. The van der Waals surface area contributed by atoms with E-state index in [4.69, 9.17) is 0 Å². The van der Waals surface area contributed by atoms with Crippen LogP contribution in [0.5, 0.6) is 0 Å². The molecule has 2 N–H and O–H groups in total. The van der Waals surface area contributed by atoms with Gasteiger partial charge in [0, 0.05) is 17.8 Å². The van der Waals surface area contributed by atoms with Crippen molar-refractivity contribution in [2.24, 2.45) is 0 Å². The number of para-hydroxylation sites is 1. The number of aromatic nitrogens is 3. The average molecular weight is 403 g/mol. The monoisotopic (exact) mass is 403 g/mol. The maximum atomic E-state index is 13.7. The summed E-state index contributed by atoms with van der Waals surface area (Å²) in [5.74, 6) is -0.527. The molecular weight excluding hydrogens is 385 g/mol. The van der Waals surface area contributed by atoms with Crippen LogP contribution in [0.3, 0.4) is 0 Å². The van der Waals surface area contributed by atoms with Crippen LogP contribution in [0, 0.1) is 5.82 Å². The molecule has 2 aromatic carbocycles. The summed E-state index contributed by atoms with van der Waals surface area (Å²) in [6.07, 6.45) is 3.33. The van der Waals surface area contributed by atoms with Gasteiger partial charge < -0.3 is 10.6 Å². The molecule has 0 saturated carbocycles. The zero-order valence-electron chi connectivity index (χ0n) is 15.9. The van der Waals surface area contributed by atoms with Gasteiger partial charge in [0.05, 0.1) is 29.9 Å². The molecule has 30 heavy (non-hydrogen) atoms. The van der Waals surface area contributed by atoms with E-state index >= 15 is 0 Å². The van der Waals surface area contributed by atoms with E-state index in [9.17, 15) is 14.0 Å². The predicted octanol–water partition coefficient (Wildman–Crippen LogP) is 3.30. The molecule has 0 saturated heterocycles. The Morgan fingerprint density at radius 3 is 2.53 bits per heavy atom. The van der Waals surface area contributed by atoms with E-state index in [1.165, 1.54) is 16.8 Å². The minimum atomic E-state index is -0.573. The first-order valence-corrected chi connectivity index (χ1v) is 9.29. The van der Waals surface area contributed by atoms with Gasteiger partial charge in [0.1, 0.15) is 5.82 Å². The quantitative estimate of drug-likeness (QED) is 0.535. The fourth-order valence-electron chi connectivity index (χ4n) is 3.10. The third kappa shape index (κ3) is 4.17. The second kappa shape index (κ2) is 8.52. The Morgan fingerprint density at radius 2 is 1.77 bits per heavy atom. The van der Waals surface area contributed by atoms with Gasteiger partial charge in [-0.05, 0) is 29.8 Å². The van der Waals surface area contributed by atoms with Gasteiger partial charge >= 0.3 is 6.03 Å². The number of anilines is 1. The van der Waals surface area contributed by atoms with Gasteiger partial charge in [0.2, 0.25) is 0 Å². The van der Waals surface area contributed by atoms with E-state index in [-0.39, 0.29) is 24.3 Å². The second-order valence-electron chi connectivity index (χ2n) is 6.60. The molecule has 150 valence electrons. The van der Waals surface area contributed by atoms with Crippen LogP contribution in [-0.4, -0.2) is 20.8 Å². The van der Waals surface area contributed by atoms with Gasteiger partial charge in [0.25, 0.3) is 5.56 Å².